The first-order valence-electron chi connectivity index (χ1n) is 4.10. The zero-order valence-corrected chi connectivity index (χ0v) is 9.26. The molecule has 0 aliphatic carbocycles. The van der Waals surface area contributed by atoms with E-state index in [1.54, 1.807) is 0 Å². The number of halogens is 5. The van der Waals surface area contributed by atoms with E-state index in [-0.39, 0.29) is 12.1 Å². The van der Waals surface area contributed by atoms with Crippen LogP contribution in [0.15, 0.2) is 12.1 Å². The molecule has 0 saturated carbocycles. The highest BCUT2D eigenvalue weighted by Crippen LogP contribution is 2.36. The van der Waals surface area contributed by atoms with Crippen LogP contribution in [0.4, 0.5) is 27.6 Å². The minimum Gasteiger partial charge on any atom is -0.365 e. The van der Waals surface area contributed by atoms with Crippen molar-refractivity contribution in [3.8, 4) is 5.75 Å². The summed E-state index contributed by atoms with van der Waals surface area (Å²) >= 11 is 0. The van der Waals surface area contributed by atoms with Gasteiger partial charge in [0.05, 0.1) is 4.92 Å². The summed E-state index contributed by atoms with van der Waals surface area (Å²) in [6.45, 7) is 0. The predicted octanol–water partition coefficient (Wildman–Crippen LogP) is 2.10. The van der Waals surface area contributed by atoms with Crippen LogP contribution in [0.25, 0.3) is 0 Å². The van der Waals surface area contributed by atoms with E-state index < -0.39 is 43.6 Å². The largest absolute Gasteiger partial charge is 0.534 e. The number of hydrogen-bond donors (Lipinski definition) is 0. The van der Waals surface area contributed by atoms with Crippen molar-refractivity contribution >= 4 is 15.8 Å². The Hall–Kier alpha value is -1.98. The van der Waals surface area contributed by atoms with Gasteiger partial charge in [-0.1, -0.05) is 0 Å². The van der Waals surface area contributed by atoms with Gasteiger partial charge in [-0.15, -0.1) is 0 Å². The van der Waals surface area contributed by atoms with Gasteiger partial charge in [0.25, 0.3) is 5.75 Å². The second-order valence-corrected chi connectivity index (χ2v) is 4.49. The van der Waals surface area contributed by atoms with Crippen LogP contribution in [0, 0.1) is 21.7 Å². The number of alkyl halides is 3. The Kier molecular flexibility index (Phi) is 3.65. The Bertz CT molecular complexity index is 626. The molecule has 12 heteroatoms. The SMILES string of the molecule is O=[N+]([O-])c1c(F)ccc(F)c1OS(=O)(=O)C(F)(F)F. The van der Waals surface area contributed by atoms with Gasteiger partial charge in [-0.2, -0.15) is 26.0 Å². The molecule has 0 radical (unpaired) electrons. The fraction of sp³-hybridized carbons (Fsp3) is 0.143. The van der Waals surface area contributed by atoms with Crippen molar-refractivity contribution in [2.75, 3.05) is 0 Å². The van der Waals surface area contributed by atoms with E-state index in [0.29, 0.717) is 0 Å². The molecule has 0 atom stereocenters. The first kappa shape index (κ1) is 15.1. The number of hydrogen-bond acceptors (Lipinski definition) is 5. The van der Waals surface area contributed by atoms with Crippen LogP contribution in [-0.4, -0.2) is 18.8 Å². The fourth-order valence-electron chi connectivity index (χ4n) is 0.929. The Morgan fingerprint density at radius 2 is 1.63 bits per heavy atom. The van der Waals surface area contributed by atoms with Crippen LogP contribution in [0.5, 0.6) is 5.75 Å². The normalized spacial score (nSPS) is 12.3. The van der Waals surface area contributed by atoms with Gasteiger partial charge in [-0.3, -0.25) is 10.1 Å². The highest BCUT2D eigenvalue weighted by molar-refractivity contribution is 7.88. The highest BCUT2D eigenvalue weighted by Gasteiger charge is 2.50. The average Bonchev–Trinajstić information content (AvgIpc) is 2.21. The van der Waals surface area contributed by atoms with Gasteiger partial charge in [0.1, 0.15) is 0 Å². The van der Waals surface area contributed by atoms with Crippen molar-refractivity contribution in [1.29, 1.82) is 0 Å². The molecule has 106 valence electrons. The van der Waals surface area contributed by atoms with E-state index in [1.165, 1.54) is 0 Å². The Morgan fingerprint density at radius 1 is 1.16 bits per heavy atom. The zero-order valence-electron chi connectivity index (χ0n) is 8.44. The summed E-state index contributed by atoms with van der Waals surface area (Å²) in [6, 6.07) is 0.421. The van der Waals surface area contributed by atoms with Crippen LogP contribution in [-0.2, 0) is 10.1 Å². The number of nitro groups is 1. The topological polar surface area (TPSA) is 86.5 Å². The third kappa shape index (κ3) is 2.89. The van der Waals surface area contributed by atoms with Crippen molar-refractivity contribution in [3.63, 3.8) is 0 Å². The fourth-order valence-corrected chi connectivity index (χ4v) is 1.40. The molecule has 0 aliphatic heterocycles. The van der Waals surface area contributed by atoms with Gasteiger partial charge in [-0.25, -0.2) is 4.39 Å². The highest BCUT2D eigenvalue weighted by atomic mass is 32.2. The Balaban J connectivity index is 3.45. The Labute approximate surface area is 101 Å². The van der Waals surface area contributed by atoms with E-state index in [1.807, 2.05) is 0 Å². The lowest BCUT2D eigenvalue weighted by atomic mass is 10.3. The smallest absolute Gasteiger partial charge is 0.365 e. The maximum atomic E-state index is 13.1. The Morgan fingerprint density at radius 3 is 2.05 bits per heavy atom. The second-order valence-electron chi connectivity index (χ2n) is 2.95. The summed E-state index contributed by atoms with van der Waals surface area (Å²) in [4.78, 5) is 8.76. The van der Waals surface area contributed by atoms with Crippen LogP contribution >= 0.6 is 0 Å². The van der Waals surface area contributed by atoms with E-state index in [2.05, 4.69) is 4.18 Å². The summed E-state index contributed by atoms with van der Waals surface area (Å²) in [5.41, 5.74) is -7.80. The van der Waals surface area contributed by atoms with Crippen LogP contribution in [0.3, 0.4) is 0 Å². The molecule has 0 heterocycles. The zero-order chi connectivity index (χ0) is 15.0. The molecule has 0 amide bonds. The van der Waals surface area contributed by atoms with Crippen LogP contribution in [0.1, 0.15) is 0 Å². The first-order valence-corrected chi connectivity index (χ1v) is 5.51. The van der Waals surface area contributed by atoms with E-state index in [4.69, 9.17) is 0 Å². The van der Waals surface area contributed by atoms with Gasteiger partial charge in [0, 0.05) is 0 Å². The van der Waals surface area contributed by atoms with Gasteiger partial charge < -0.3 is 4.18 Å². The summed E-state index contributed by atoms with van der Waals surface area (Å²) in [5.74, 6) is -5.55. The molecule has 19 heavy (non-hydrogen) atoms. The van der Waals surface area contributed by atoms with Gasteiger partial charge in [0.2, 0.25) is 5.82 Å². The molecule has 0 N–H and O–H groups in total. The standard InChI is InChI=1S/C7H2F5NO5S/c8-3-1-2-4(9)6(5(3)13(14)15)18-19(16,17)7(10,11)12/h1-2H. The monoisotopic (exact) mass is 307 g/mol. The lowest BCUT2D eigenvalue weighted by Crippen LogP contribution is -2.28. The van der Waals surface area contributed by atoms with Crippen LogP contribution in [0.2, 0.25) is 0 Å². The van der Waals surface area contributed by atoms with Gasteiger partial charge in [-0.05, 0) is 12.1 Å². The van der Waals surface area contributed by atoms with Crippen molar-refractivity contribution in [2.45, 2.75) is 5.51 Å². The molecule has 1 rings (SSSR count). The summed E-state index contributed by atoms with van der Waals surface area (Å²) < 4.78 is 86.5. The number of rotatable bonds is 3. The molecule has 0 aromatic heterocycles. The molecule has 0 bridgehead atoms. The number of nitro benzene ring substituents is 1. The van der Waals surface area contributed by atoms with Gasteiger partial charge >= 0.3 is 21.3 Å². The third-order valence-electron chi connectivity index (χ3n) is 1.69. The summed E-state index contributed by atoms with van der Waals surface area (Å²) in [5, 5.41) is 10.4. The maximum Gasteiger partial charge on any atom is 0.534 e. The molecular formula is C7H2F5NO5S. The van der Waals surface area contributed by atoms with E-state index in [9.17, 15) is 40.5 Å². The number of nitrogens with zero attached hydrogens (tertiary/aromatic N) is 1. The first-order chi connectivity index (χ1) is 8.47. The van der Waals surface area contributed by atoms with Crippen LogP contribution < -0.4 is 4.18 Å². The predicted molar refractivity (Wildman–Crippen MR) is 48.6 cm³/mol. The molecular weight excluding hydrogens is 305 g/mol. The molecule has 1 aromatic carbocycles. The molecule has 0 fully saturated rings. The van der Waals surface area contributed by atoms with Crippen molar-refractivity contribution in [3.05, 3.63) is 33.9 Å². The lowest BCUT2D eigenvalue weighted by molar-refractivity contribution is -0.388. The minimum absolute atomic E-state index is 0.184. The molecule has 1 aromatic rings. The molecule has 6 nitrogen and oxygen atoms in total. The second kappa shape index (κ2) is 4.60. The average molecular weight is 307 g/mol. The van der Waals surface area contributed by atoms with Gasteiger partial charge in [0.15, 0.2) is 5.82 Å². The quantitative estimate of drug-likeness (QED) is 0.280. The molecule has 0 saturated heterocycles. The third-order valence-corrected chi connectivity index (χ3v) is 2.65. The minimum atomic E-state index is -6.36. The van der Waals surface area contributed by atoms with Crippen molar-refractivity contribution in [2.24, 2.45) is 0 Å². The van der Waals surface area contributed by atoms with Crippen molar-refractivity contribution in [1.82, 2.24) is 0 Å². The molecule has 0 aliphatic rings. The summed E-state index contributed by atoms with van der Waals surface area (Å²) in [6.07, 6.45) is 0. The molecule has 0 unspecified atom stereocenters. The molecule has 0 spiro atoms. The summed E-state index contributed by atoms with van der Waals surface area (Å²) in [7, 11) is -6.36. The van der Waals surface area contributed by atoms with Crippen molar-refractivity contribution < 1.29 is 39.5 Å². The lowest BCUT2D eigenvalue weighted by Gasteiger charge is -2.10. The number of benzene rings is 1. The van der Waals surface area contributed by atoms with E-state index in [0.717, 1.165) is 0 Å². The van der Waals surface area contributed by atoms with E-state index >= 15 is 0 Å². The maximum absolute atomic E-state index is 13.1.